The molecule has 0 unspecified atom stereocenters. The molecule has 2 heteroatoms. The van der Waals surface area contributed by atoms with Crippen LogP contribution in [0.4, 0.5) is 0 Å². The number of nitrogens with zero attached hydrogens (tertiary/aromatic N) is 1. The van der Waals surface area contributed by atoms with E-state index in [0.29, 0.717) is 6.42 Å². The second-order valence-corrected chi connectivity index (χ2v) is 3.65. The first-order chi connectivity index (χ1) is 5.24. The zero-order valence-corrected chi connectivity index (χ0v) is 8.42. The van der Waals surface area contributed by atoms with Gasteiger partial charge in [0.25, 0.3) is 0 Å². The molecule has 0 aliphatic rings. The fourth-order valence-electron chi connectivity index (χ4n) is 0.943. The van der Waals surface area contributed by atoms with E-state index in [4.69, 9.17) is 5.26 Å². The molecule has 56 valence electrons. The first-order valence-electron chi connectivity index (χ1n) is 3.36. The molecule has 0 aromatic heterocycles. The van der Waals surface area contributed by atoms with Crippen LogP contribution in [-0.4, -0.2) is 0 Å². The van der Waals surface area contributed by atoms with Crippen molar-refractivity contribution < 1.29 is 0 Å². The summed E-state index contributed by atoms with van der Waals surface area (Å²) in [6.45, 7) is 2.04. The van der Waals surface area contributed by atoms with Crippen LogP contribution in [0.15, 0.2) is 18.2 Å². The molecule has 0 saturated heterocycles. The number of aryl methyl sites for hydroxylation is 1. The summed E-state index contributed by atoms with van der Waals surface area (Å²) in [5.74, 6) is 0. The van der Waals surface area contributed by atoms with Crippen LogP contribution >= 0.6 is 22.6 Å². The molecule has 0 bridgehead atoms. The molecule has 0 atom stereocenters. The van der Waals surface area contributed by atoms with Gasteiger partial charge in [0.05, 0.1) is 12.5 Å². The van der Waals surface area contributed by atoms with Crippen molar-refractivity contribution >= 4 is 22.6 Å². The van der Waals surface area contributed by atoms with Gasteiger partial charge in [0.1, 0.15) is 0 Å². The van der Waals surface area contributed by atoms with Gasteiger partial charge in [-0.15, -0.1) is 0 Å². The smallest absolute Gasteiger partial charge is 0.0669 e. The molecule has 11 heavy (non-hydrogen) atoms. The Morgan fingerprint density at radius 1 is 1.55 bits per heavy atom. The maximum absolute atomic E-state index is 8.46. The summed E-state index contributed by atoms with van der Waals surface area (Å²) in [6.07, 6.45) is 0.517. The topological polar surface area (TPSA) is 23.8 Å². The lowest BCUT2D eigenvalue weighted by molar-refractivity contribution is 1.21. The minimum Gasteiger partial charge on any atom is -0.198 e. The first kappa shape index (κ1) is 8.54. The van der Waals surface area contributed by atoms with Gasteiger partial charge in [-0.25, -0.2) is 0 Å². The Kier molecular flexibility index (Phi) is 2.89. The van der Waals surface area contributed by atoms with Crippen LogP contribution in [0.5, 0.6) is 0 Å². The van der Waals surface area contributed by atoms with Crippen molar-refractivity contribution in [3.63, 3.8) is 0 Å². The molecular weight excluding hydrogens is 249 g/mol. The molecule has 1 nitrogen and oxygen atoms in total. The largest absolute Gasteiger partial charge is 0.198 e. The van der Waals surface area contributed by atoms with Gasteiger partial charge < -0.3 is 0 Å². The predicted molar refractivity (Wildman–Crippen MR) is 53.2 cm³/mol. The van der Waals surface area contributed by atoms with Crippen LogP contribution in [0.25, 0.3) is 0 Å². The van der Waals surface area contributed by atoms with E-state index < -0.39 is 0 Å². The van der Waals surface area contributed by atoms with Crippen LogP contribution in [0.1, 0.15) is 11.1 Å². The van der Waals surface area contributed by atoms with Crippen molar-refractivity contribution in [1.82, 2.24) is 0 Å². The van der Waals surface area contributed by atoms with Gasteiger partial charge >= 0.3 is 0 Å². The molecule has 0 heterocycles. The lowest BCUT2D eigenvalue weighted by Crippen LogP contribution is -1.87. The zero-order valence-electron chi connectivity index (χ0n) is 6.26. The summed E-state index contributed by atoms with van der Waals surface area (Å²) >= 11 is 2.27. The van der Waals surface area contributed by atoms with Crippen molar-refractivity contribution in [1.29, 1.82) is 5.26 Å². The molecule has 0 spiro atoms. The van der Waals surface area contributed by atoms with Gasteiger partial charge in [-0.3, -0.25) is 0 Å². The normalized spacial score (nSPS) is 9.18. The number of halogens is 1. The van der Waals surface area contributed by atoms with Crippen molar-refractivity contribution in [2.24, 2.45) is 0 Å². The Morgan fingerprint density at radius 3 is 2.82 bits per heavy atom. The minimum absolute atomic E-state index is 0.517. The third kappa shape index (κ3) is 2.19. The second kappa shape index (κ2) is 3.72. The van der Waals surface area contributed by atoms with E-state index in [9.17, 15) is 0 Å². The Balaban J connectivity index is 3.01. The molecule has 0 N–H and O–H groups in total. The zero-order chi connectivity index (χ0) is 8.27. The van der Waals surface area contributed by atoms with Crippen LogP contribution in [0, 0.1) is 21.8 Å². The average Bonchev–Trinajstić information content (AvgIpc) is 1.95. The fraction of sp³-hybridized carbons (Fsp3) is 0.222. The Bertz CT molecular complexity index is 299. The molecule has 0 fully saturated rings. The summed E-state index contributed by atoms with van der Waals surface area (Å²) in [4.78, 5) is 0. The lowest BCUT2D eigenvalue weighted by Gasteiger charge is -2.00. The van der Waals surface area contributed by atoms with Crippen LogP contribution in [0.2, 0.25) is 0 Å². The number of hydrogen-bond donors (Lipinski definition) is 0. The Labute approximate surface area is 80.2 Å². The Hall–Kier alpha value is -0.560. The van der Waals surface area contributed by atoms with Crippen molar-refractivity contribution in [2.75, 3.05) is 0 Å². The van der Waals surface area contributed by atoms with E-state index >= 15 is 0 Å². The van der Waals surface area contributed by atoms with E-state index in [1.54, 1.807) is 0 Å². The van der Waals surface area contributed by atoms with Gasteiger partial charge in [0.15, 0.2) is 0 Å². The highest BCUT2D eigenvalue weighted by atomic mass is 127. The maximum atomic E-state index is 8.46. The predicted octanol–water partition coefficient (Wildman–Crippen LogP) is 2.67. The molecule has 0 radical (unpaired) electrons. The highest BCUT2D eigenvalue weighted by Gasteiger charge is 1.96. The van der Waals surface area contributed by atoms with Gasteiger partial charge in [-0.05, 0) is 52.8 Å². The average molecular weight is 257 g/mol. The molecule has 1 aromatic carbocycles. The van der Waals surface area contributed by atoms with Gasteiger partial charge in [-0.1, -0.05) is 6.07 Å². The van der Waals surface area contributed by atoms with E-state index in [1.807, 2.05) is 19.1 Å². The summed E-state index contributed by atoms with van der Waals surface area (Å²) in [5.41, 5.74) is 2.34. The third-order valence-corrected chi connectivity index (χ3v) is 2.25. The number of hydrogen-bond acceptors (Lipinski definition) is 1. The molecule has 0 aliphatic heterocycles. The summed E-state index contributed by atoms with van der Waals surface area (Å²) in [7, 11) is 0. The SMILES string of the molecule is Cc1cc(I)ccc1CC#N. The van der Waals surface area contributed by atoms with Crippen LogP contribution in [0.3, 0.4) is 0 Å². The lowest BCUT2D eigenvalue weighted by atomic mass is 10.1. The highest BCUT2D eigenvalue weighted by molar-refractivity contribution is 14.1. The minimum atomic E-state index is 0.517. The molecule has 1 rings (SSSR count). The molecule has 1 aromatic rings. The third-order valence-electron chi connectivity index (χ3n) is 1.57. The van der Waals surface area contributed by atoms with E-state index in [0.717, 1.165) is 5.56 Å². The van der Waals surface area contributed by atoms with Crippen molar-refractivity contribution in [3.05, 3.63) is 32.9 Å². The highest BCUT2D eigenvalue weighted by Crippen LogP contribution is 2.12. The van der Waals surface area contributed by atoms with E-state index in [1.165, 1.54) is 9.13 Å². The molecule has 0 amide bonds. The standard InChI is InChI=1S/C9H8IN/c1-7-6-9(10)3-2-8(7)4-5-11/h2-3,6H,4H2,1H3. The Morgan fingerprint density at radius 2 is 2.27 bits per heavy atom. The van der Waals surface area contributed by atoms with Crippen molar-refractivity contribution in [3.8, 4) is 6.07 Å². The quantitative estimate of drug-likeness (QED) is 0.709. The number of nitriles is 1. The first-order valence-corrected chi connectivity index (χ1v) is 4.44. The van der Waals surface area contributed by atoms with E-state index in [-0.39, 0.29) is 0 Å². The van der Waals surface area contributed by atoms with Gasteiger partial charge in [0, 0.05) is 3.57 Å². The number of benzene rings is 1. The summed E-state index contributed by atoms with van der Waals surface area (Å²) in [6, 6.07) is 8.27. The summed E-state index contributed by atoms with van der Waals surface area (Å²) in [5, 5.41) is 8.46. The van der Waals surface area contributed by atoms with Crippen molar-refractivity contribution in [2.45, 2.75) is 13.3 Å². The van der Waals surface area contributed by atoms with E-state index in [2.05, 4.69) is 34.7 Å². The summed E-state index contributed by atoms with van der Waals surface area (Å²) < 4.78 is 1.22. The van der Waals surface area contributed by atoms with Crippen LogP contribution < -0.4 is 0 Å². The fourth-order valence-corrected chi connectivity index (χ4v) is 1.59. The molecule has 0 aliphatic carbocycles. The van der Waals surface area contributed by atoms with Gasteiger partial charge in [0.2, 0.25) is 0 Å². The van der Waals surface area contributed by atoms with Crippen LogP contribution in [-0.2, 0) is 6.42 Å². The van der Waals surface area contributed by atoms with Gasteiger partial charge in [-0.2, -0.15) is 5.26 Å². The maximum Gasteiger partial charge on any atom is 0.0669 e. The molecule has 0 saturated carbocycles. The number of rotatable bonds is 1. The second-order valence-electron chi connectivity index (χ2n) is 2.41. The molecular formula is C9H8IN. The monoisotopic (exact) mass is 257 g/mol.